The predicted molar refractivity (Wildman–Crippen MR) is 102 cm³/mol. The zero-order chi connectivity index (χ0) is 20.1. The van der Waals surface area contributed by atoms with Crippen molar-refractivity contribution in [2.45, 2.75) is 20.0 Å². The molecule has 0 radical (unpaired) electrons. The summed E-state index contributed by atoms with van der Waals surface area (Å²) in [5.41, 5.74) is 1.78. The van der Waals surface area contributed by atoms with Gasteiger partial charge in [-0.15, -0.1) is 0 Å². The zero-order valence-electron chi connectivity index (χ0n) is 15.6. The molecule has 2 rings (SSSR count). The minimum Gasteiger partial charge on any atom is -0.449 e. The van der Waals surface area contributed by atoms with Crippen molar-refractivity contribution < 1.29 is 19.2 Å². The van der Waals surface area contributed by atoms with Crippen LogP contribution < -0.4 is 10.2 Å². The van der Waals surface area contributed by atoms with Crippen molar-refractivity contribution in [3.05, 3.63) is 63.7 Å². The molecule has 0 saturated carbocycles. The molecule has 0 unspecified atom stereocenters. The second-order valence-electron chi connectivity index (χ2n) is 6.26. The number of hydrogen-bond donors (Lipinski definition) is 1. The first kappa shape index (κ1) is 19.9. The van der Waals surface area contributed by atoms with E-state index in [1.807, 2.05) is 19.1 Å². The molecule has 2 aromatic rings. The summed E-state index contributed by atoms with van der Waals surface area (Å²) in [7, 11) is 3.33. The van der Waals surface area contributed by atoms with Crippen LogP contribution in [0.25, 0.3) is 0 Å². The Hall–Kier alpha value is -3.42. The van der Waals surface area contributed by atoms with E-state index in [2.05, 4.69) is 5.32 Å². The molecule has 0 spiro atoms. The summed E-state index contributed by atoms with van der Waals surface area (Å²) >= 11 is 0. The molecule has 1 amide bonds. The maximum atomic E-state index is 12.3. The average molecular weight is 371 g/mol. The summed E-state index contributed by atoms with van der Waals surface area (Å²) in [6.07, 6.45) is -1.06. The van der Waals surface area contributed by atoms with E-state index >= 15 is 0 Å². The number of nitrogens with zero attached hydrogens (tertiary/aromatic N) is 2. The summed E-state index contributed by atoms with van der Waals surface area (Å²) in [5, 5.41) is 13.9. The number of carbonyl (C=O) groups excluding carboxylic acids is 2. The topological polar surface area (TPSA) is 102 Å². The molecule has 1 atom stereocenters. The van der Waals surface area contributed by atoms with Crippen LogP contribution in [0.1, 0.15) is 22.8 Å². The van der Waals surface area contributed by atoms with E-state index in [1.54, 1.807) is 31.1 Å². The molecule has 0 saturated heterocycles. The van der Waals surface area contributed by atoms with Gasteiger partial charge in [-0.3, -0.25) is 14.9 Å². The summed E-state index contributed by atoms with van der Waals surface area (Å²) < 4.78 is 5.14. The Labute approximate surface area is 156 Å². The van der Waals surface area contributed by atoms with Crippen LogP contribution in [0.15, 0.2) is 42.5 Å². The van der Waals surface area contributed by atoms with Crippen LogP contribution in [-0.2, 0) is 9.53 Å². The van der Waals surface area contributed by atoms with E-state index in [0.29, 0.717) is 11.4 Å². The molecular weight excluding hydrogens is 350 g/mol. The first-order valence-corrected chi connectivity index (χ1v) is 8.23. The molecule has 0 aromatic heterocycles. The number of ether oxygens (including phenoxy) is 1. The maximum absolute atomic E-state index is 12.3. The van der Waals surface area contributed by atoms with Gasteiger partial charge in [-0.1, -0.05) is 17.7 Å². The number of benzene rings is 2. The largest absolute Gasteiger partial charge is 0.449 e. The lowest BCUT2D eigenvalue weighted by atomic mass is 10.1. The number of esters is 1. The van der Waals surface area contributed by atoms with Crippen molar-refractivity contribution in [1.82, 2.24) is 0 Å². The summed E-state index contributed by atoms with van der Waals surface area (Å²) in [4.78, 5) is 36.7. The van der Waals surface area contributed by atoms with E-state index in [-0.39, 0.29) is 11.3 Å². The molecule has 0 bridgehead atoms. The summed E-state index contributed by atoms with van der Waals surface area (Å²) in [6, 6.07) is 11.2. The van der Waals surface area contributed by atoms with Gasteiger partial charge in [0.25, 0.3) is 11.6 Å². The lowest BCUT2D eigenvalue weighted by Crippen LogP contribution is -2.30. The number of rotatable bonds is 6. The van der Waals surface area contributed by atoms with Crippen LogP contribution in [0.2, 0.25) is 0 Å². The van der Waals surface area contributed by atoms with Gasteiger partial charge in [-0.05, 0) is 38.1 Å². The predicted octanol–water partition coefficient (Wildman–Crippen LogP) is 3.15. The fourth-order valence-corrected chi connectivity index (χ4v) is 2.34. The van der Waals surface area contributed by atoms with E-state index in [1.165, 1.54) is 19.1 Å². The number of nitro benzene ring substituents is 1. The first-order valence-electron chi connectivity index (χ1n) is 8.23. The van der Waals surface area contributed by atoms with Crippen molar-refractivity contribution in [3.63, 3.8) is 0 Å². The van der Waals surface area contributed by atoms with Crippen molar-refractivity contribution in [2.75, 3.05) is 24.3 Å². The Bertz CT molecular complexity index is 862. The van der Waals surface area contributed by atoms with Crippen LogP contribution in [-0.4, -0.2) is 37.0 Å². The molecule has 0 aliphatic carbocycles. The lowest BCUT2D eigenvalue weighted by Gasteiger charge is -2.15. The quantitative estimate of drug-likeness (QED) is 0.475. The molecule has 0 fully saturated rings. The highest BCUT2D eigenvalue weighted by Crippen LogP contribution is 2.28. The molecule has 142 valence electrons. The highest BCUT2D eigenvalue weighted by molar-refractivity contribution is 5.97. The van der Waals surface area contributed by atoms with Crippen molar-refractivity contribution in [1.29, 1.82) is 0 Å². The second kappa shape index (κ2) is 8.31. The van der Waals surface area contributed by atoms with Gasteiger partial charge >= 0.3 is 5.97 Å². The normalized spacial score (nSPS) is 11.4. The Morgan fingerprint density at radius 3 is 2.33 bits per heavy atom. The van der Waals surface area contributed by atoms with Gasteiger partial charge < -0.3 is 15.0 Å². The second-order valence-corrected chi connectivity index (χ2v) is 6.26. The van der Waals surface area contributed by atoms with Crippen LogP contribution >= 0.6 is 0 Å². The van der Waals surface area contributed by atoms with E-state index in [0.717, 1.165) is 11.6 Å². The van der Waals surface area contributed by atoms with Gasteiger partial charge in [-0.2, -0.15) is 0 Å². The number of amides is 1. The Balaban J connectivity index is 2.09. The van der Waals surface area contributed by atoms with Crippen LogP contribution in [0.4, 0.5) is 17.1 Å². The molecule has 0 heterocycles. The zero-order valence-corrected chi connectivity index (χ0v) is 15.6. The van der Waals surface area contributed by atoms with Crippen LogP contribution in [0, 0.1) is 17.0 Å². The van der Waals surface area contributed by atoms with Crippen molar-refractivity contribution >= 4 is 28.9 Å². The number of nitrogens with one attached hydrogen (secondary N) is 1. The number of carbonyl (C=O) groups is 2. The van der Waals surface area contributed by atoms with E-state index in [4.69, 9.17) is 4.74 Å². The number of nitro groups is 1. The third-order valence-electron chi connectivity index (χ3n) is 3.86. The Kier molecular flexibility index (Phi) is 6.12. The molecule has 8 heteroatoms. The third kappa shape index (κ3) is 5.04. The highest BCUT2D eigenvalue weighted by atomic mass is 16.6. The molecular formula is C19H21N3O5. The smallest absolute Gasteiger partial charge is 0.339 e. The molecule has 1 N–H and O–H groups in total. The SMILES string of the molecule is Cc1ccc(NC(=O)[C@H](C)OC(=O)c2ccc(N(C)C)c([N+](=O)[O-])c2)cc1. The fourth-order valence-electron chi connectivity index (χ4n) is 2.34. The highest BCUT2D eigenvalue weighted by Gasteiger charge is 2.23. The monoisotopic (exact) mass is 371 g/mol. The Morgan fingerprint density at radius 1 is 1.15 bits per heavy atom. The fraction of sp³-hybridized carbons (Fsp3) is 0.263. The lowest BCUT2D eigenvalue weighted by molar-refractivity contribution is -0.384. The summed E-state index contributed by atoms with van der Waals surface area (Å²) in [5.74, 6) is -1.30. The van der Waals surface area contributed by atoms with E-state index in [9.17, 15) is 19.7 Å². The molecule has 0 aliphatic heterocycles. The average Bonchev–Trinajstić information content (AvgIpc) is 2.62. The molecule has 27 heavy (non-hydrogen) atoms. The Morgan fingerprint density at radius 2 is 1.78 bits per heavy atom. The standard InChI is InChI=1S/C19H21N3O5/c1-12-5-8-15(9-6-12)20-18(23)13(2)27-19(24)14-7-10-16(21(3)4)17(11-14)22(25)26/h5-11,13H,1-4H3,(H,20,23)/t13-/m0/s1. The summed E-state index contributed by atoms with van der Waals surface area (Å²) in [6.45, 7) is 3.36. The molecule has 0 aliphatic rings. The van der Waals surface area contributed by atoms with Crippen LogP contribution in [0.5, 0.6) is 0 Å². The maximum Gasteiger partial charge on any atom is 0.339 e. The minimum absolute atomic E-state index is 0.00212. The van der Waals surface area contributed by atoms with Crippen molar-refractivity contribution in [2.24, 2.45) is 0 Å². The van der Waals surface area contributed by atoms with Gasteiger partial charge in [-0.25, -0.2) is 4.79 Å². The first-order chi connectivity index (χ1) is 12.7. The minimum atomic E-state index is -1.06. The van der Waals surface area contributed by atoms with Gasteiger partial charge in [0.15, 0.2) is 6.10 Å². The van der Waals surface area contributed by atoms with Crippen molar-refractivity contribution in [3.8, 4) is 0 Å². The number of aryl methyl sites for hydroxylation is 1. The van der Waals surface area contributed by atoms with Crippen LogP contribution in [0.3, 0.4) is 0 Å². The van der Waals surface area contributed by atoms with Gasteiger partial charge in [0.1, 0.15) is 5.69 Å². The molecule has 8 nitrogen and oxygen atoms in total. The molecule has 2 aromatic carbocycles. The number of anilines is 2. The van der Waals surface area contributed by atoms with Gasteiger partial charge in [0.05, 0.1) is 10.5 Å². The van der Waals surface area contributed by atoms with E-state index < -0.39 is 22.9 Å². The van der Waals surface area contributed by atoms with Gasteiger partial charge in [0, 0.05) is 25.8 Å². The van der Waals surface area contributed by atoms with Gasteiger partial charge in [0.2, 0.25) is 0 Å². The number of hydrogen-bond acceptors (Lipinski definition) is 6. The third-order valence-corrected chi connectivity index (χ3v) is 3.86.